The number of carbonyl (C=O) groups excluding carboxylic acids is 1. The van der Waals surface area contributed by atoms with E-state index >= 15 is 0 Å². The van der Waals surface area contributed by atoms with Crippen molar-refractivity contribution in [3.8, 4) is 0 Å². The van der Waals surface area contributed by atoms with Crippen LogP contribution in [0.3, 0.4) is 0 Å². The van der Waals surface area contributed by atoms with Gasteiger partial charge in [0.05, 0.1) is 0 Å². The molecule has 2 aliphatic rings. The number of hydrogen-bond donors (Lipinski definition) is 0. The van der Waals surface area contributed by atoms with Crippen molar-refractivity contribution in [2.75, 3.05) is 13.1 Å². The highest BCUT2D eigenvalue weighted by Crippen LogP contribution is 2.35. The number of fused-ring (bicyclic) bond motifs is 1. The van der Waals surface area contributed by atoms with Gasteiger partial charge in [0.25, 0.3) is 0 Å². The summed E-state index contributed by atoms with van der Waals surface area (Å²) in [6.45, 7) is 4.45. The van der Waals surface area contributed by atoms with Gasteiger partial charge < -0.3 is 0 Å². The number of nitrogens with zero attached hydrogens (tertiary/aromatic N) is 1. The van der Waals surface area contributed by atoms with Crippen LogP contribution in [0.2, 0.25) is 0 Å². The van der Waals surface area contributed by atoms with Crippen LogP contribution in [0.25, 0.3) is 0 Å². The summed E-state index contributed by atoms with van der Waals surface area (Å²) in [5, 5.41) is 0. The van der Waals surface area contributed by atoms with E-state index in [4.69, 9.17) is 0 Å². The van der Waals surface area contributed by atoms with Crippen LogP contribution >= 0.6 is 0 Å². The lowest BCUT2D eigenvalue weighted by molar-refractivity contribution is -0.124. The molecule has 0 aromatic rings. The lowest BCUT2D eigenvalue weighted by Crippen LogP contribution is -2.47. The lowest BCUT2D eigenvalue weighted by Gasteiger charge is -2.38. The largest absolute Gasteiger partial charge is 0.300 e. The van der Waals surface area contributed by atoms with E-state index < -0.39 is 0 Å². The van der Waals surface area contributed by atoms with Crippen LogP contribution in [0.15, 0.2) is 0 Å². The molecule has 2 heterocycles. The number of rotatable bonds is 0. The van der Waals surface area contributed by atoms with Gasteiger partial charge in [0, 0.05) is 24.9 Å². The van der Waals surface area contributed by atoms with Crippen LogP contribution in [0.5, 0.6) is 0 Å². The Morgan fingerprint density at radius 3 is 3.09 bits per heavy atom. The minimum atomic E-state index is 0.245. The highest BCUT2D eigenvalue weighted by molar-refractivity contribution is 5.80. The molecule has 62 valence electrons. The van der Waals surface area contributed by atoms with E-state index in [0.29, 0.717) is 5.78 Å². The third-order valence-corrected chi connectivity index (χ3v) is 3.15. The van der Waals surface area contributed by atoms with Crippen LogP contribution in [0, 0.1) is 0 Å². The smallest absolute Gasteiger partial charge is 0.136 e. The van der Waals surface area contributed by atoms with Gasteiger partial charge in [-0.1, -0.05) is 0 Å². The van der Waals surface area contributed by atoms with Crippen LogP contribution in [0.1, 0.15) is 32.6 Å². The highest BCUT2D eigenvalue weighted by atomic mass is 16.1. The fraction of sp³-hybridized carbons (Fsp3) is 0.889. The third-order valence-electron chi connectivity index (χ3n) is 3.15. The van der Waals surface area contributed by atoms with Gasteiger partial charge in [-0.15, -0.1) is 0 Å². The second-order valence-corrected chi connectivity index (χ2v) is 4.05. The molecule has 2 aliphatic heterocycles. The Labute approximate surface area is 67.6 Å². The minimum absolute atomic E-state index is 0.245. The second kappa shape index (κ2) is 2.31. The molecule has 11 heavy (non-hydrogen) atoms. The SMILES string of the molecule is CC12CCCN1CCC(=O)C2. The fourth-order valence-corrected chi connectivity index (χ4v) is 2.43. The van der Waals surface area contributed by atoms with Crippen LogP contribution in [-0.4, -0.2) is 29.3 Å². The maximum absolute atomic E-state index is 11.2. The van der Waals surface area contributed by atoms with Gasteiger partial charge in [-0.05, 0) is 26.3 Å². The monoisotopic (exact) mass is 153 g/mol. The molecule has 0 aromatic heterocycles. The van der Waals surface area contributed by atoms with E-state index in [1.807, 2.05) is 0 Å². The summed E-state index contributed by atoms with van der Waals surface area (Å²) in [4.78, 5) is 13.7. The molecule has 2 rings (SSSR count). The normalized spacial score (nSPS) is 39.2. The van der Waals surface area contributed by atoms with Crippen molar-refractivity contribution in [2.24, 2.45) is 0 Å². The summed E-state index contributed by atoms with van der Waals surface area (Å²) in [5.74, 6) is 0.464. The predicted octanol–water partition coefficient (Wildman–Crippen LogP) is 1.20. The van der Waals surface area contributed by atoms with Gasteiger partial charge in [0.15, 0.2) is 0 Å². The zero-order valence-corrected chi connectivity index (χ0v) is 7.10. The molecular formula is C9H15NO. The van der Waals surface area contributed by atoms with E-state index in [-0.39, 0.29) is 5.54 Å². The molecule has 2 heteroatoms. The number of Topliss-reactive ketones (excluding diaryl/α,β-unsaturated/α-hetero) is 1. The van der Waals surface area contributed by atoms with E-state index in [0.717, 1.165) is 19.4 Å². The first-order valence-corrected chi connectivity index (χ1v) is 4.47. The van der Waals surface area contributed by atoms with Gasteiger partial charge in [-0.3, -0.25) is 9.69 Å². The first-order valence-electron chi connectivity index (χ1n) is 4.47. The van der Waals surface area contributed by atoms with Crippen molar-refractivity contribution >= 4 is 5.78 Å². The molecule has 0 aliphatic carbocycles. The van der Waals surface area contributed by atoms with E-state index in [1.165, 1.54) is 19.4 Å². The van der Waals surface area contributed by atoms with Crippen molar-refractivity contribution in [1.82, 2.24) is 4.90 Å². The molecule has 0 radical (unpaired) electrons. The van der Waals surface area contributed by atoms with E-state index in [1.54, 1.807) is 0 Å². The molecule has 0 aromatic carbocycles. The van der Waals surface area contributed by atoms with Crippen molar-refractivity contribution < 1.29 is 4.79 Å². The van der Waals surface area contributed by atoms with Gasteiger partial charge in [-0.2, -0.15) is 0 Å². The minimum Gasteiger partial charge on any atom is -0.300 e. The maximum Gasteiger partial charge on any atom is 0.136 e. The molecule has 2 saturated heterocycles. The van der Waals surface area contributed by atoms with Crippen molar-refractivity contribution in [1.29, 1.82) is 0 Å². The Balaban J connectivity index is 2.16. The Hall–Kier alpha value is -0.370. The zero-order valence-electron chi connectivity index (χ0n) is 7.10. The summed E-state index contributed by atoms with van der Waals surface area (Å²) in [6.07, 6.45) is 4.09. The molecule has 0 bridgehead atoms. The number of hydrogen-bond acceptors (Lipinski definition) is 2. The molecule has 2 nitrogen and oxygen atoms in total. The maximum atomic E-state index is 11.2. The Kier molecular flexibility index (Phi) is 1.53. The Morgan fingerprint density at radius 2 is 2.27 bits per heavy atom. The number of carbonyl (C=O) groups is 1. The van der Waals surface area contributed by atoms with Crippen molar-refractivity contribution in [3.63, 3.8) is 0 Å². The standard InChI is InChI=1S/C9H15NO/c1-9-4-2-5-10(9)6-3-8(11)7-9/h2-7H2,1H3. The first kappa shape index (κ1) is 7.29. The van der Waals surface area contributed by atoms with Gasteiger partial charge in [0.2, 0.25) is 0 Å². The van der Waals surface area contributed by atoms with E-state index in [9.17, 15) is 4.79 Å². The van der Waals surface area contributed by atoms with Gasteiger partial charge in [0.1, 0.15) is 5.78 Å². The molecule has 0 saturated carbocycles. The second-order valence-electron chi connectivity index (χ2n) is 4.05. The number of piperidine rings is 1. The highest BCUT2D eigenvalue weighted by Gasteiger charge is 2.40. The summed E-state index contributed by atoms with van der Waals surface area (Å²) in [7, 11) is 0. The molecular weight excluding hydrogens is 138 g/mol. The zero-order chi connectivity index (χ0) is 7.90. The molecule has 2 fully saturated rings. The summed E-state index contributed by atoms with van der Waals surface area (Å²) < 4.78 is 0. The summed E-state index contributed by atoms with van der Waals surface area (Å²) in [6, 6.07) is 0. The third kappa shape index (κ3) is 1.09. The average Bonchev–Trinajstić information content (AvgIpc) is 2.28. The molecule has 1 unspecified atom stereocenters. The number of ketones is 1. The van der Waals surface area contributed by atoms with Gasteiger partial charge >= 0.3 is 0 Å². The Bertz CT molecular complexity index is 190. The molecule has 0 spiro atoms. The van der Waals surface area contributed by atoms with Crippen molar-refractivity contribution in [2.45, 2.75) is 38.1 Å². The fourth-order valence-electron chi connectivity index (χ4n) is 2.43. The van der Waals surface area contributed by atoms with Gasteiger partial charge in [-0.25, -0.2) is 0 Å². The van der Waals surface area contributed by atoms with Crippen LogP contribution in [-0.2, 0) is 4.79 Å². The predicted molar refractivity (Wildman–Crippen MR) is 43.5 cm³/mol. The average molecular weight is 153 g/mol. The lowest BCUT2D eigenvalue weighted by atomic mass is 9.88. The quantitative estimate of drug-likeness (QED) is 0.521. The topological polar surface area (TPSA) is 20.3 Å². The molecule has 0 N–H and O–H groups in total. The first-order chi connectivity index (χ1) is 5.21. The summed E-state index contributed by atoms with van der Waals surface area (Å²) in [5.41, 5.74) is 0.245. The Morgan fingerprint density at radius 1 is 1.45 bits per heavy atom. The van der Waals surface area contributed by atoms with Crippen LogP contribution in [0.4, 0.5) is 0 Å². The van der Waals surface area contributed by atoms with Crippen molar-refractivity contribution in [3.05, 3.63) is 0 Å². The summed E-state index contributed by atoms with van der Waals surface area (Å²) >= 11 is 0. The van der Waals surface area contributed by atoms with E-state index in [2.05, 4.69) is 11.8 Å². The molecule has 0 amide bonds. The molecule has 1 atom stereocenters. The van der Waals surface area contributed by atoms with Crippen LogP contribution < -0.4 is 0 Å².